The molecule has 0 bridgehead atoms. The molecular formula is C39H50N6O4S. The summed E-state index contributed by atoms with van der Waals surface area (Å²) >= 11 is 0. The molecule has 11 heteroatoms. The van der Waals surface area contributed by atoms with Crippen LogP contribution in [-0.4, -0.2) is 88.2 Å². The molecule has 1 aromatic heterocycles. The summed E-state index contributed by atoms with van der Waals surface area (Å²) in [6, 6.07) is 23.7. The molecular weight excluding hydrogens is 649 g/mol. The Morgan fingerprint density at radius 3 is 2.38 bits per heavy atom. The fourth-order valence-corrected chi connectivity index (χ4v) is 9.76. The lowest BCUT2D eigenvalue weighted by Gasteiger charge is -2.46. The van der Waals surface area contributed by atoms with Crippen LogP contribution in [0.15, 0.2) is 83.9 Å². The number of anilines is 1. The average Bonchev–Trinajstić information content (AvgIpc) is 3.50. The van der Waals surface area contributed by atoms with Crippen molar-refractivity contribution >= 4 is 15.7 Å². The lowest BCUT2D eigenvalue weighted by molar-refractivity contribution is 0.0535. The van der Waals surface area contributed by atoms with Crippen LogP contribution in [-0.2, 0) is 28.5 Å². The number of fused-ring (bicyclic) bond motifs is 1. The van der Waals surface area contributed by atoms with Gasteiger partial charge < -0.3 is 19.7 Å². The van der Waals surface area contributed by atoms with Crippen LogP contribution in [0.2, 0.25) is 0 Å². The minimum absolute atomic E-state index is 0.103. The summed E-state index contributed by atoms with van der Waals surface area (Å²) in [5.74, 6) is 0.629. The van der Waals surface area contributed by atoms with Crippen molar-refractivity contribution in [3.8, 4) is 11.8 Å². The van der Waals surface area contributed by atoms with Crippen LogP contribution in [0.4, 0.5) is 5.69 Å². The topological polar surface area (TPSA) is 100 Å². The number of piperidine rings is 1. The van der Waals surface area contributed by atoms with Crippen molar-refractivity contribution in [1.29, 1.82) is 0 Å². The van der Waals surface area contributed by atoms with E-state index in [0.717, 1.165) is 56.7 Å². The van der Waals surface area contributed by atoms with Crippen LogP contribution < -0.4 is 19.1 Å². The van der Waals surface area contributed by atoms with Crippen molar-refractivity contribution in [1.82, 2.24) is 25.1 Å². The van der Waals surface area contributed by atoms with Gasteiger partial charge in [-0.3, -0.25) is 9.21 Å². The third-order valence-electron chi connectivity index (χ3n) is 10.3. The van der Waals surface area contributed by atoms with Crippen LogP contribution in [0.3, 0.4) is 0 Å². The van der Waals surface area contributed by atoms with E-state index in [4.69, 9.17) is 9.47 Å². The molecule has 0 saturated carbocycles. The van der Waals surface area contributed by atoms with Gasteiger partial charge in [-0.25, -0.2) is 13.4 Å². The second kappa shape index (κ2) is 15.5. The minimum atomic E-state index is -3.91. The van der Waals surface area contributed by atoms with Gasteiger partial charge >= 0.3 is 6.01 Å². The molecule has 0 spiro atoms. The molecule has 0 aliphatic carbocycles. The minimum Gasteiger partial charge on any atom is -0.497 e. The molecule has 2 aliphatic rings. The molecule has 0 unspecified atom stereocenters. The second-order valence-electron chi connectivity index (χ2n) is 13.7. The number of methoxy groups -OCH3 is 1. The standard InChI is InChI=1S/C39H50N6O4S/c1-29-24-35(48-5)25-30(2)37(29)50(46,47)45-34(26-31-12-9-10-15-36(31)45)28-49-38-41-20-16-33(42-38)27-40-19-11-21-44-22-17-39(18-23-44,43(3)4)32-13-7-6-8-14-32/h6-10,12-16,20,24-25,34,40H,11,17-19,21-23,26-28H2,1-5H3/t34-/m0/s1. The highest BCUT2D eigenvalue weighted by Gasteiger charge is 2.41. The maximum absolute atomic E-state index is 14.3. The maximum atomic E-state index is 14.3. The van der Waals surface area contributed by atoms with Gasteiger partial charge in [0.1, 0.15) is 12.4 Å². The van der Waals surface area contributed by atoms with Gasteiger partial charge in [-0.15, -0.1) is 0 Å². The van der Waals surface area contributed by atoms with E-state index in [0.29, 0.717) is 40.4 Å². The molecule has 3 heterocycles. The first-order valence-electron chi connectivity index (χ1n) is 17.5. The van der Waals surface area contributed by atoms with Crippen LogP contribution in [0, 0.1) is 13.8 Å². The number of hydrogen-bond acceptors (Lipinski definition) is 9. The zero-order valence-electron chi connectivity index (χ0n) is 29.9. The quantitative estimate of drug-likeness (QED) is 0.175. The molecule has 4 aromatic rings. The molecule has 3 aromatic carbocycles. The number of nitrogens with zero attached hydrogens (tertiary/aromatic N) is 5. The molecule has 1 fully saturated rings. The van der Waals surface area contributed by atoms with Gasteiger partial charge in [-0.1, -0.05) is 48.5 Å². The van der Waals surface area contributed by atoms with E-state index in [2.05, 4.69) is 69.5 Å². The second-order valence-corrected chi connectivity index (χ2v) is 15.4. The summed E-state index contributed by atoms with van der Waals surface area (Å²) < 4.78 is 41.6. The molecule has 0 amide bonds. The van der Waals surface area contributed by atoms with E-state index in [9.17, 15) is 8.42 Å². The lowest BCUT2D eigenvalue weighted by Crippen LogP contribution is -2.50. The first kappa shape index (κ1) is 35.8. The van der Waals surface area contributed by atoms with Gasteiger partial charge in [0.25, 0.3) is 10.0 Å². The summed E-state index contributed by atoms with van der Waals surface area (Å²) in [6.07, 6.45) is 5.52. The maximum Gasteiger partial charge on any atom is 0.316 e. The first-order chi connectivity index (χ1) is 24.1. The number of nitrogens with one attached hydrogen (secondary N) is 1. The number of para-hydroxylation sites is 1. The Kier molecular flexibility index (Phi) is 11.1. The number of aromatic nitrogens is 2. The van der Waals surface area contributed by atoms with Crippen LogP contribution >= 0.6 is 0 Å². The Morgan fingerprint density at radius 1 is 0.980 bits per heavy atom. The Morgan fingerprint density at radius 2 is 1.68 bits per heavy atom. The Bertz CT molecular complexity index is 1840. The molecule has 1 atom stereocenters. The summed E-state index contributed by atoms with van der Waals surface area (Å²) in [5, 5.41) is 3.52. The van der Waals surface area contributed by atoms with E-state index in [1.54, 1.807) is 39.3 Å². The van der Waals surface area contributed by atoms with E-state index in [-0.39, 0.29) is 18.2 Å². The van der Waals surface area contributed by atoms with Crippen molar-refractivity contribution in [3.63, 3.8) is 0 Å². The summed E-state index contributed by atoms with van der Waals surface area (Å²) in [7, 11) is 2.08. The number of likely N-dealkylation sites (tertiary alicyclic amines) is 1. The average molecular weight is 699 g/mol. The van der Waals surface area contributed by atoms with Crippen molar-refractivity contribution in [3.05, 3.63) is 107 Å². The van der Waals surface area contributed by atoms with Gasteiger partial charge in [0, 0.05) is 31.4 Å². The third kappa shape index (κ3) is 7.51. The Balaban J connectivity index is 1.02. The van der Waals surface area contributed by atoms with E-state index < -0.39 is 16.1 Å². The van der Waals surface area contributed by atoms with E-state index >= 15 is 0 Å². The Labute approximate surface area is 297 Å². The highest BCUT2D eigenvalue weighted by molar-refractivity contribution is 7.93. The van der Waals surface area contributed by atoms with Crippen LogP contribution in [0.5, 0.6) is 11.8 Å². The normalized spacial score (nSPS) is 17.6. The van der Waals surface area contributed by atoms with Gasteiger partial charge in [0.05, 0.1) is 29.4 Å². The predicted octanol–water partition coefficient (Wildman–Crippen LogP) is 5.33. The van der Waals surface area contributed by atoms with Crippen molar-refractivity contribution in [2.24, 2.45) is 0 Å². The van der Waals surface area contributed by atoms with Crippen molar-refractivity contribution in [2.45, 2.75) is 62.6 Å². The van der Waals surface area contributed by atoms with Crippen molar-refractivity contribution in [2.75, 3.05) is 58.3 Å². The fraction of sp³-hybridized carbons (Fsp3) is 0.436. The summed E-state index contributed by atoms with van der Waals surface area (Å²) in [5.41, 5.74) is 5.26. The summed E-state index contributed by atoms with van der Waals surface area (Å²) in [6.45, 7) is 8.44. The van der Waals surface area contributed by atoms with Gasteiger partial charge in [-0.05, 0) is 113 Å². The van der Waals surface area contributed by atoms with Gasteiger partial charge in [-0.2, -0.15) is 4.98 Å². The largest absolute Gasteiger partial charge is 0.497 e. The summed E-state index contributed by atoms with van der Waals surface area (Å²) in [4.78, 5) is 14.2. The van der Waals surface area contributed by atoms with Crippen LogP contribution in [0.25, 0.3) is 0 Å². The lowest BCUT2D eigenvalue weighted by atomic mass is 9.80. The first-order valence-corrected chi connectivity index (χ1v) is 18.9. The fourth-order valence-electron chi connectivity index (χ4n) is 7.67. The van der Waals surface area contributed by atoms with Gasteiger partial charge in [0.15, 0.2) is 0 Å². The van der Waals surface area contributed by atoms with Crippen LogP contribution in [0.1, 0.15) is 47.2 Å². The molecule has 10 nitrogen and oxygen atoms in total. The van der Waals surface area contributed by atoms with E-state index in [1.165, 1.54) is 9.87 Å². The molecule has 50 heavy (non-hydrogen) atoms. The number of aryl methyl sites for hydroxylation is 2. The number of hydrogen-bond donors (Lipinski definition) is 1. The number of rotatable bonds is 14. The number of benzene rings is 3. The predicted molar refractivity (Wildman–Crippen MR) is 197 cm³/mol. The molecule has 6 rings (SSSR count). The molecule has 2 aliphatic heterocycles. The smallest absolute Gasteiger partial charge is 0.316 e. The molecule has 266 valence electrons. The molecule has 0 radical (unpaired) electrons. The molecule has 1 saturated heterocycles. The number of ether oxygens (including phenoxy) is 2. The SMILES string of the molecule is COc1cc(C)c(S(=O)(=O)N2c3ccccc3C[C@H]2COc2nccc(CNCCCN3CCC(c4ccccc4)(N(C)C)CC3)n2)c(C)c1. The molecule has 1 N–H and O–H groups in total. The highest BCUT2D eigenvalue weighted by atomic mass is 32.2. The zero-order valence-corrected chi connectivity index (χ0v) is 30.7. The van der Waals surface area contributed by atoms with E-state index in [1.807, 2.05) is 30.3 Å². The van der Waals surface area contributed by atoms with Gasteiger partial charge in [0.2, 0.25) is 0 Å². The zero-order chi connectivity index (χ0) is 35.3. The monoisotopic (exact) mass is 698 g/mol. The third-order valence-corrected chi connectivity index (χ3v) is 12.5. The highest BCUT2D eigenvalue weighted by Crippen LogP contribution is 2.40. The Hall–Kier alpha value is -4.03. The van der Waals surface area contributed by atoms with Crippen molar-refractivity contribution < 1.29 is 17.9 Å². The number of sulfonamides is 1.